The summed E-state index contributed by atoms with van der Waals surface area (Å²) in [5.41, 5.74) is -0.0943. The number of hydrogen-bond donors (Lipinski definition) is 1. The average Bonchev–Trinajstić information content (AvgIpc) is 2.35. The molecular weight excluding hydrogens is 226 g/mol. The van der Waals surface area contributed by atoms with Crippen LogP contribution in [0.1, 0.15) is 15.9 Å². The molecule has 1 aromatic carbocycles. The Kier molecular flexibility index (Phi) is 3.67. The number of carbonyl (C=O) groups is 2. The maximum atomic E-state index is 11.4. The van der Waals surface area contributed by atoms with Gasteiger partial charge in [0.15, 0.2) is 11.5 Å². The molecule has 0 atom stereocenters. The molecule has 0 aromatic heterocycles. The van der Waals surface area contributed by atoms with E-state index in [1.54, 1.807) is 6.07 Å². The van der Waals surface area contributed by atoms with Gasteiger partial charge in [0, 0.05) is 6.07 Å². The fourth-order valence-corrected chi connectivity index (χ4v) is 1.31. The minimum Gasteiger partial charge on any atom is -0.493 e. The number of carboxylic acids is 1. The first-order chi connectivity index (χ1) is 8.04. The van der Waals surface area contributed by atoms with Gasteiger partial charge in [0.25, 0.3) is 5.78 Å². The number of nitrogens with zero attached hydrogens (tertiary/aromatic N) is 1. The predicted octanol–water partition coefficient (Wildman–Crippen LogP) is 0.843. The van der Waals surface area contributed by atoms with Crippen LogP contribution < -0.4 is 9.47 Å². The fraction of sp³-hybridized carbons (Fsp3) is 0.182. The first kappa shape index (κ1) is 12.5. The molecule has 0 unspecified atom stereocenters. The number of nitriles is 1. The van der Waals surface area contributed by atoms with E-state index in [1.165, 1.54) is 20.3 Å². The van der Waals surface area contributed by atoms with Crippen LogP contribution in [-0.2, 0) is 4.79 Å². The Balaban J connectivity index is 3.51. The summed E-state index contributed by atoms with van der Waals surface area (Å²) in [7, 11) is 2.61. The third kappa shape index (κ3) is 2.34. The van der Waals surface area contributed by atoms with Gasteiger partial charge in [-0.1, -0.05) is 0 Å². The monoisotopic (exact) mass is 235 g/mol. The molecule has 0 amide bonds. The first-order valence-corrected chi connectivity index (χ1v) is 4.48. The molecule has 1 aromatic rings. The molecule has 88 valence electrons. The Morgan fingerprint density at radius 3 is 2.35 bits per heavy atom. The maximum Gasteiger partial charge on any atom is 0.377 e. The molecule has 0 heterocycles. The molecule has 0 aliphatic rings. The Hall–Kier alpha value is -2.55. The van der Waals surface area contributed by atoms with Gasteiger partial charge in [-0.05, 0) is 6.07 Å². The zero-order valence-electron chi connectivity index (χ0n) is 9.18. The van der Waals surface area contributed by atoms with Gasteiger partial charge in [-0.3, -0.25) is 4.79 Å². The molecule has 0 fully saturated rings. The Morgan fingerprint density at radius 1 is 1.29 bits per heavy atom. The van der Waals surface area contributed by atoms with Crippen molar-refractivity contribution in [3.05, 3.63) is 23.3 Å². The summed E-state index contributed by atoms with van der Waals surface area (Å²) < 4.78 is 9.85. The zero-order valence-corrected chi connectivity index (χ0v) is 9.18. The van der Waals surface area contributed by atoms with Crippen LogP contribution in [0.25, 0.3) is 0 Å². The van der Waals surface area contributed by atoms with Gasteiger partial charge in [0.05, 0.1) is 31.4 Å². The minimum atomic E-state index is -1.62. The SMILES string of the molecule is COc1cc(C#N)cc(C(=O)C(=O)O)c1OC. The summed E-state index contributed by atoms with van der Waals surface area (Å²) in [5, 5.41) is 17.4. The lowest BCUT2D eigenvalue weighted by Crippen LogP contribution is -2.14. The van der Waals surface area contributed by atoms with Crippen molar-refractivity contribution >= 4 is 11.8 Å². The van der Waals surface area contributed by atoms with Gasteiger partial charge in [-0.2, -0.15) is 5.26 Å². The highest BCUT2D eigenvalue weighted by Gasteiger charge is 2.23. The van der Waals surface area contributed by atoms with Gasteiger partial charge in [-0.15, -0.1) is 0 Å². The number of ether oxygens (including phenoxy) is 2. The summed E-state index contributed by atoms with van der Waals surface area (Å²) in [6.07, 6.45) is 0. The summed E-state index contributed by atoms with van der Waals surface area (Å²) in [6.45, 7) is 0. The van der Waals surface area contributed by atoms with Gasteiger partial charge in [0.1, 0.15) is 0 Å². The van der Waals surface area contributed by atoms with Gasteiger partial charge >= 0.3 is 5.97 Å². The van der Waals surface area contributed by atoms with Gasteiger partial charge in [-0.25, -0.2) is 4.79 Å². The van der Waals surface area contributed by atoms with Crippen LogP contribution in [0.15, 0.2) is 12.1 Å². The molecule has 0 spiro atoms. The molecule has 0 saturated carbocycles. The molecule has 1 N–H and O–H groups in total. The van der Waals surface area contributed by atoms with E-state index < -0.39 is 11.8 Å². The summed E-state index contributed by atoms with van der Waals surface area (Å²) in [5.74, 6) is -2.65. The fourth-order valence-electron chi connectivity index (χ4n) is 1.31. The van der Waals surface area contributed by atoms with Crippen molar-refractivity contribution in [2.75, 3.05) is 14.2 Å². The van der Waals surface area contributed by atoms with Crippen LogP contribution in [-0.4, -0.2) is 31.1 Å². The number of ketones is 1. The second-order valence-corrected chi connectivity index (χ2v) is 3.01. The van der Waals surface area contributed by atoms with Crippen molar-refractivity contribution in [2.45, 2.75) is 0 Å². The molecule has 17 heavy (non-hydrogen) atoms. The number of hydrogen-bond acceptors (Lipinski definition) is 5. The Labute approximate surface area is 97.0 Å². The molecule has 6 nitrogen and oxygen atoms in total. The van der Waals surface area contributed by atoms with E-state index in [0.717, 1.165) is 6.07 Å². The number of carbonyl (C=O) groups excluding carboxylic acids is 1. The van der Waals surface area contributed by atoms with Crippen molar-refractivity contribution in [1.29, 1.82) is 5.26 Å². The number of benzene rings is 1. The van der Waals surface area contributed by atoms with Crippen LogP contribution in [0.3, 0.4) is 0 Å². The maximum absolute atomic E-state index is 11.4. The number of aliphatic carboxylic acids is 1. The lowest BCUT2D eigenvalue weighted by atomic mass is 10.1. The number of methoxy groups -OCH3 is 2. The van der Waals surface area contributed by atoms with Crippen molar-refractivity contribution < 1.29 is 24.2 Å². The molecule has 0 radical (unpaired) electrons. The van der Waals surface area contributed by atoms with E-state index >= 15 is 0 Å². The molecule has 6 heteroatoms. The van der Waals surface area contributed by atoms with Crippen molar-refractivity contribution in [3.63, 3.8) is 0 Å². The lowest BCUT2D eigenvalue weighted by Gasteiger charge is -2.11. The first-order valence-electron chi connectivity index (χ1n) is 4.48. The number of Topliss-reactive ketones (excluding diaryl/α,β-unsaturated/α-hetero) is 1. The summed E-state index contributed by atoms with van der Waals surface area (Å²) >= 11 is 0. The van der Waals surface area contributed by atoms with Crippen LogP contribution >= 0.6 is 0 Å². The number of rotatable bonds is 4. The molecule has 0 bridgehead atoms. The predicted molar refractivity (Wildman–Crippen MR) is 56.2 cm³/mol. The zero-order chi connectivity index (χ0) is 13.0. The highest BCUT2D eigenvalue weighted by molar-refractivity contribution is 6.40. The van der Waals surface area contributed by atoms with Gasteiger partial charge in [0.2, 0.25) is 0 Å². The Morgan fingerprint density at radius 2 is 1.94 bits per heavy atom. The molecular formula is C11H9NO5. The van der Waals surface area contributed by atoms with Crippen molar-refractivity contribution in [2.24, 2.45) is 0 Å². The lowest BCUT2D eigenvalue weighted by molar-refractivity contribution is -0.131. The second-order valence-electron chi connectivity index (χ2n) is 3.01. The highest BCUT2D eigenvalue weighted by atomic mass is 16.5. The van der Waals surface area contributed by atoms with Crippen molar-refractivity contribution in [1.82, 2.24) is 0 Å². The van der Waals surface area contributed by atoms with Crippen LogP contribution in [0.5, 0.6) is 11.5 Å². The van der Waals surface area contributed by atoms with E-state index in [1.807, 2.05) is 0 Å². The number of carboxylic acid groups (broad SMARTS) is 1. The van der Waals surface area contributed by atoms with Crippen LogP contribution in [0, 0.1) is 11.3 Å². The Bertz CT molecular complexity index is 515. The highest BCUT2D eigenvalue weighted by Crippen LogP contribution is 2.32. The second kappa shape index (κ2) is 4.99. The van der Waals surface area contributed by atoms with Gasteiger partial charge < -0.3 is 14.6 Å². The quantitative estimate of drug-likeness (QED) is 0.613. The molecule has 0 aliphatic heterocycles. The van der Waals surface area contributed by atoms with E-state index in [-0.39, 0.29) is 22.6 Å². The molecule has 1 rings (SSSR count). The topological polar surface area (TPSA) is 96.6 Å². The third-order valence-electron chi connectivity index (χ3n) is 2.05. The molecule has 0 saturated heterocycles. The van der Waals surface area contributed by atoms with Crippen LogP contribution in [0.2, 0.25) is 0 Å². The van der Waals surface area contributed by atoms with E-state index in [9.17, 15) is 9.59 Å². The minimum absolute atomic E-state index is 0.00102. The normalized spacial score (nSPS) is 9.24. The van der Waals surface area contributed by atoms with Crippen LogP contribution in [0.4, 0.5) is 0 Å². The molecule has 0 aliphatic carbocycles. The largest absolute Gasteiger partial charge is 0.493 e. The van der Waals surface area contributed by atoms with E-state index in [2.05, 4.69) is 0 Å². The van der Waals surface area contributed by atoms with E-state index in [4.69, 9.17) is 19.8 Å². The summed E-state index contributed by atoms with van der Waals surface area (Å²) in [6, 6.07) is 4.32. The third-order valence-corrected chi connectivity index (χ3v) is 2.05. The summed E-state index contributed by atoms with van der Waals surface area (Å²) in [4.78, 5) is 22.1. The smallest absolute Gasteiger partial charge is 0.377 e. The average molecular weight is 235 g/mol. The standard InChI is InChI=1S/C11H9NO5/c1-16-8-4-6(5-12)3-7(10(8)17-2)9(13)11(14)15/h3-4H,1-2H3,(H,14,15). The van der Waals surface area contributed by atoms with Crippen molar-refractivity contribution in [3.8, 4) is 17.6 Å². The van der Waals surface area contributed by atoms with E-state index in [0.29, 0.717) is 0 Å².